The second-order valence-corrected chi connectivity index (χ2v) is 6.55. The molecule has 0 aliphatic heterocycles. The van der Waals surface area contributed by atoms with Crippen LogP contribution in [-0.2, 0) is 14.3 Å². The first kappa shape index (κ1) is 21.7. The first-order chi connectivity index (χ1) is 13.9. The molecule has 0 radical (unpaired) electrons. The number of esters is 1. The Bertz CT molecular complexity index is 899. The van der Waals surface area contributed by atoms with E-state index in [-0.39, 0.29) is 11.5 Å². The highest BCUT2D eigenvalue weighted by Gasteiger charge is 2.21. The number of ether oxygens (including phenoxy) is 2. The molecule has 2 atom stereocenters. The largest absolute Gasteiger partial charge is 0.497 e. The maximum Gasteiger partial charge on any atom is 0.349 e. The molecule has 1 N–H and O–H groups in total. The van der Waals surface area contributed by atoms with Gasteiger partial charge in [-0.1, -0.05) is 49.4 Å². The molecule has 150 valence electrons. The molecule has 2 aromatic carbocycles. The van der Waals surface area contributed by atoms with Crippen LogP contribution in [0.25, 0.3) is 6.08 Å². The molecular weight excluding hydrogens is 368 g/mol. The molecule has 0 aliphatic rings. The Morgan fingerprint density at radius 2 is 1.76 bits per heavy atom. The van der Waals surface area contributed by atoms with Crippen molar-refractivity contribution in [3.63, 3.8) is 0 Å². The van der Waals surface area contributed by atoms with Crippen molar-refractivity contribution in [3.05, 3.63) is 71.3 Å². The summed E-state index contributed by atoms with van der Waals surface area (Å²) in [6.07, 6.45) is 0.391. The zero-order chi connectivity index (χ0) is 21.2. The first-order valence-electron chi connectivity index (χ1n) is 9.24. The van der Waals surface area contributed by atoms with E-state index in [2.05, 4.69) is 5.32 Å². The van der Waals surface area contributed by atoms with Crippen molar-refractivity contribution in [3.8, 4) is 11.8 Å². The van der Waals surface area contributed by atoms with Crippen molar-refractivity contribution in [2.75, 3.05) is 13.7 Å². The fourth-order valence-electron chi connectivity index (χ4n) is 2.58. The quantitative estimate of drug-likeness (QED) is 0.422. The molecule has 1 amide bonds. The number of methoxy groups -OCH3 is 1. The fourth-order valence-corrected chi connectivity index (χ4v) is 2.58. The third-order valence-electron chi connectivity index (χ3n) is 4.37. The summed E-state index contributed by atoms with van der Waals surface area (Å²) in [5.74, 6) is -0.476. The lowest BCUT2D eigenvalue weighted by molar-refractivity contribution is -0.150. The van der Waals surface area contributed by atoms with Crippen molar-refractivity contribution in [2.24, 2.45) is 0 Å². The molecule has 2 rings (SSSR count). The highest BCUT2D eigenvalue weighted by molar-refractivity contribution is 5.99. The minimum atomic E-state index is -1.02. The number of carbonyl (C=O) groups is 2. The number of nitrogens with zero attached hydrogens (tertiary/aromatic N) is 1. The summed E-state index contributed by atoms with van der Waals surface area (Å²) in [6.45, 7) is 3.89. The van der Waals surface area contributed by atoms with Crippen LogP contribution >= 0.6 is 0 Å². The number of nitriles is 1. The van der Waals surface area contributed by atoms with Crippen molar-refractivity contribution < 1.29 is 19.1 Å². The number of hydrogen-bond donors (Lipinski definition) is 1. The van der Waals surface area contributed by atoms with Crippen LogP contribution in [0.15, 0.2) is 60.2 Å². The predicted molar refractivity (Wildman–Crippen MR) is 110 cm³/mol. The number of amides is 1. The predicted octanol–water partition coefficient (Wildman–Crippen LogP) is 3.45. The van der Waals surface area contributed by atoms with Gasteiger partial charge in [-0.2, -0.15) is 5.26 Å². The first-order valence-corrected chi connectivity index (χ1v) is 9.24. The Morgan fingerprint density at radius 1 is 1.10 bits per heavy atom. The second kappa shape index (κ2) is 10.7. The lowest BCUT2D eigenvalue weighted by atomic mass is 10.0. The minimum Gasteiger partial charge on any atom is -0.497 e. The van der Waals surface area contributed by atoms with Crippen LogP contribution in [0, 0.1) is 11.3 Å². The summed E-state index contributed by atoms with van der Waals surface area (Å²) in [7, 11) is 1.55. The van der Waals surface area contributed by atoms with E-state index in [0.29, 0.717) is 17.9 Å². The molecular formula is C23H24N2O4. The molecule has 2 aromatic rings. The molecule has 0 spiro atoms. The number of rotatable bonds is 8. The smallest absolute Gasteiger partial charge is 0.349 e. The standard InChI is InChI=1S/C23H24N2O4/c1-16(19-7-5-4-6-8-19)15-25-22(26)17(2)29-23(27)20(14-24)13-18-9-11-21(28-3)12-10-18/h4-13,16-17H,15H2,1-3H3,(H,25,26)/b20-13+/t16-,17-/m0/s1. The maximum absolute atomic E-state index is 12.3. The van der Waals surface area contributed by atoms with E-state index < -0.39 is 18.0 Å². The van der Waals surface area contributed by atoms with Gasteiger partial charge < -0.3 is 14.8 Å². The zero-order valence-electron chi connectivity index (χ0n) is 16.7. The van der Waals surface area contributed by atoms with E-state index in [1.54, 1.807) is 31.4 Å². The van der Waals surface area contributed by atoms with Gasteiger partial charge in [-0.3, -0.25) is 4.79 Å². The van der Waals surface area contributed by atoms with E-state index in [1.807, 2.05) is 43.3 Å². The summed E-state index contributed by atoms with van der Waals surface area (Å²) in [5, 5.41) is 12.0. The summed E-state index contributed by atoms with van der Waals surface area (Å²) >= 11 is 0. The summed E-state index contributed by atoms with van der Waals surface area (Å²) in [4.78, 5) is 24.5. The van der Waals surface area contributed by atoms with Crippen molar-refractivity contribution in [2.45, 2.75) is 25.9 Å². The molecule has 0 unspecified atom stereocenters. The molecule has 0 saturated heterocycles. The zero-order valence-corrected chi connectivity index (χ0v) is 16.7. The highest BCUT2D eigenvalue weighted by atomic mass is 16.5. The minimum absolute atomic E-state index is 0.118. The molecule has 6 heteroatoms. The summed E-state index contributed by atoms with van der Waals surface area (Å²) in [6, 6.07) is 18.5. The van der Waals surface area contributed by atoms with Gasteiger partial charge >= 0.3 is 5.97 Å². The average Bonchev–Trinajstić information content (AvgIpc) is 2.76. The van der Waals surface area contributed by atoms with Crippen LogP contribution in [0.2, 0.25) is 0 Å². The normalized spacial score (nSPS) is 13.0. The van der Waals surface area contributed by atoms with Gasteiger partial charge in [0.05, 0.1) is 7.11 Å². The summed E-state index contributed by atoms with van der Waals surface area (Å²) in [5.41, 5.74) is 1.56. The Morgan fingerprint density at radius 3 is 2.34 bits per heavy atom. The van der Waals surface area contributed by atoms with Gasteiger partial charge in [0.1, 0.15) is 17.4 Å². The Hall–Kier alpha value is -3.59. The summed E-state index contributed by atoms with van der Waals surface area (Å²) < 4.78 is 10.2. The Kier molecular flexibility index (Phi) is 7.99. The molecule has 0 fully saturated rings. The number of benzene rings is 2. The van der Waals surface area contributed by atoms with Crippen molar-refractivity contribution >= 4 is 18.0 Å². The third-order valence-corrected chi connectivity index (χ3v) is 4.37. The van der Waals surface area contributed by atoms with Gasteiger partial charge in [0.15, 0.2) is 6.10 Å². The van der Waals surface area contributed by atoms with Crippen LogP contribution in [0.1, 0.15) is 30.9 Å². The number of carbonyl (C=O) groups excluding carboxylic acids is 2. The van der Waals surface area contributed by atoms with Crippen molar-refractivity contribution in [1.82, 2.24) is 5.32 Å². The van der Waals surface area contributed by atoms with Crippen LogP contribution in [0.4, 0.5) is 0 Å². The Balaban J connectivity index is 1.92. The lowest BCUT2D eigenvalue weighted by Gasteiger charge is -2.16. The fraction of sp³-hybridized carbons (Fsp3) is 0.261. The molecule has 0 heterocycles. The second-order valence-electron chi connectivity index (χ2n) is 6.55. The van der Waals surface area contributed by atoms with Gasteiger partial charge in [0.25, 0.3) is 5.91 Å². The molecule has 29 heavy (non-hydrogen) atoms. The topological polar surface area (TPSA) is 88.4 Å². The maximum atomic E-state index is 12.3. The van der Waals surface area contributed by atoms with Gasteiger partial charge in [0, 0.05) is 6.54 Å². The lowest BCUT2D eigenvalue weighted by Crippen LogP contribution is -2.37. The van der Waals surface area contributed by atoms with E-state index in [4.69, 9.17) is 9.47 Å². The highest BCUT2D eigenvalue weighted by Crippen LogP contribution is 2.15. The van der Waals surface area contributed by atoms with Crippen LogP contribution in [0.3, 0.4) is 0 Å². The molecule has 0 bridgehead atoms. The van der Waals surface area contributed by atoms with E-state index in [0.717, 1.165) is 5.56 Å². The third kappa shape index (κ3) is 6.51. The van der Waals surface area contributed by atoms with Crippen LogP contribution in [0.5, 0.6) is 5.75 Å². The van der Waals surface area contributed by atoms with Crippen molar-refractivity contribution in [1.29, 1.82) is 5.26 Å². The SMILES string of the molecule is COc1ccc(/C=C(\C#N)C(=O)O[C@@H](C)C(=O)NC[C@H](C)c2ccccc2)cc1. The number of hydrogen-bond acceptors (Lipinski definition) is 5. The van der Waals surface area contributed by atoms with E-state index in [9.17, 15) is 14.9 Å². The van der Waals surface area contributed by atoms with Gasteiger partial charge in [-0.25, -0.2) is 4.79 Å². The number of nitrogens with one attached hydrogen (secondary N) is 1. The Labute approximate surface area is 170 Å². The van der Waals surface area contributed by atoms with Crippen LogP contribution < -0.4 is 10.1 Å². The van der Waals surface area contributed by atoms with Crippen LogP contribution in [-0.4, -0.2) is 31.6 Å². The van der Waals surface area contributed by atoms with Gasteiger partial charge in [0.2, 0.25) is 0 Å². The van der Waals surface area contributed by atoms with Gasteiger partial charge in [-0.15, -0.1) is 0 Å². The van der Waals surface area contributed by atoms with E-state index >= 15 is 0 Å². The molecule has 0 saturated carbocycles. The molecule has 6 nitrogen and oxygen atoms in total. The molecule has 0 aliphatic carbocycles. The monoisotopic (exact) mass is 392 g/mol. The molecule has 0 aromatic heterocycles. The average molecular weight is 392 g/mol. The van der Waals surface area contributed by atoms with E-state index in [1.165, 1.54) is 13.0 Å². The van der Waals surface area contributed by atoms with Gasteiger partial charge in [-0.05, 0) is 42.2 Å².